The van der Waals surface area contributed by atoms with Crippen LogP contribution in [0.3, 0.4) is 0 Å². The fraction of sp³-hybridized carbons (Fsp3) is 0.385. The van der Waals surface area contributed by atoms with E-state index in [-0.39, 0.29) is 5.91 Å². The van der Waals surface area contributed by atoms with E-state index < -0.39 is 0 Å². The molecule has 7 heteroatoms. The van der Waals surface area contributed by atoms with Crippen LogP contribution >= 0.6 is 34.3 Å². The number of thiazole rings is 1. The molecule has 3 heterocycles. The molecule has 2 aromatic rings. The molecule has 4 nitrogen and oxygen atoms in total. The minimum Gasteiger partial charge on any atom is -0.335 e. The highest BCUT2D eigenvalue weighted by Gasteiger charge is 2.23. The van der Waals surface area contributed by atoms with Gasteiger partial charge in [0.15, 0.2) is 0 Å². The number of thiophene rings is 1. The minimum atomic E-state index is 0.0928. The monoisotopic (exact) mass is 327 g/mol. The molecule has 3 rings (SSSR count). The molecule has 1 aliphatic heterocycles. The summed E-state index contributed by atoms with van der Waals surface area (Å²) in [6.45, 7) is 4.18. The Labute approximate surface area is 130 Å². The van der Waals surface area contributed by atoms with Crippen molar-refractivity contribution in [3.8, 4) is 0 Å². The third kappa shape index (κ3) is 3.20. The van der Waals surface area contributed by atoms with Gasteiger partial charge in [-0.3, -0.25) is 9.69 Å². The zero-order valence-electron chi connectivity index (χ0n) is 10.8. The average molecular weight is 328 g/mol. The normalized spacial score (nSPS) is 16.6. The van der Waals surface area contributed by atoms with E-state index >= 15 is 0 Å². The summed E-state index contributed by atoms with van der Waals surface area (Å²) in [5.41, 5.74) is 2.97. The van der Waals surface area contributed by atoms with Gasteiger partial charge in [-0.15, -0.1) is 22.7 Å². The van der Waals surface area contributed by atoms with Crippen molar-refractivity contribution in [2.75, 3.05) is 26.2 Å². The Hall–Kier alpha value is -0.950. The molecule has 0 aliphatic carbocycles. The highest BCUT2D eigenvalue weighted by atomic mass is 35.5. The van der Waals surface area contributed by atoms with Crippen molar-refractivity contribution < 1.29 is 4.79 Å². The molecule has 20 heavy (non-hydrogen) atoms. The van der Waals surface area contributed by atoms with Crippen LogP contribution in [-0.4, -0.2) is 46.9 Å². The third-order valence-electron chi connectivity index (χ3n) is 3.31. The van der Waals surface area contributed by atoms with Crippen LogP contribution in [0.4, 0.5) is 0 Å². The summed E-state index contributed by atoms with van der Waals surface area (Å²) in [5, 5.41) is 2.07. The van der Waals surface area contributed by atoms with E-state index in [1.165, 1.54) is 11.3 Å². The molecule has 0 atom stereocenters. The predicted octanol–water partition coefficient (Wildman–Crippen LogP) is 2.82. The maximum Gasteiger partial charge on any atom is 0.264 e. The zero-order chi connectivity index (χ0) is 13.9. The molecule has 0 radical (unpaired) electrons. The van der Waals surface area contributed by atoms with Crippen LogP contribution in [0.25, 0.3) is 0 Å². The molecule has 2 aromatic heterocycles. The smallest absolute Gasteiger partial charge is 0.264 e. The van der Waals surface area contributed by atoms with E-state index in [4.69, 9.17) is 11.6 Å². The van der Waals surface area contributed by atoms with Gasteiger partial charge in [-0.2, -0.15) is 0 Å². The van der Waals surface area contributed by atoms with Gasteiger partial charge in [-0.05, 0) is 12.1 Å². The third-order valence-corrected chi connectivity index (χ3v) is 5.17. The number of carbonyl (C=O) groups is 1. The molecular formula is C13H14ClN3OS2. The number of piperazine rings is 1. The lowest BCUT2D eigenvalue weighted by Gasteiger charge is -2.34. The maximum absolute atomic E-state index is 12.3. The predicted molar refractivity (Wildman–Crippen MR) is 82.6 cm³/mol. The second-order valence-electron chi connectivity index (χ2n) is 4.65. The molecule has 1 amide bonds. The Bertz CT molecular complexity index is 576. The fourth-order valence-electron chi connectivity index (χ4n) is 2.24. The number of aromatic nitrogens is 1. The van der Waals surface area contributed by atoms with Gasteiger partial charge < -0.3 is 4.90 Å². The van der Waals surface area contributed by atoms with Gasteiger partial charge in [0, 0.05) is 38.1 Å². The Kier molecular flexibility index (Phi) is 4.35. The summed E-state index contributed by atoms with van der Waals surface area (Å²) in [5.74, 6) is 0.0928. The van der Waals surface area contributed by atoms with Crippen LogP contribution in [-0.2, 0) is 6.54 Å². The van der Waals surface area contributed by atoms with E-state index in [9.17, 15) is 4.79 Å². The number of hydrogen-bond donors (Lipinski definition) is 0. The van der Waals surface area contributed by atoms with Gasteiger partial charge in [-0.1, -0.05) is 11.6 Å². The highest BCUT2D eigenvalue weighted by Crippen LogP contribution is 2.23. The summed E-state index contributed by atoms with van der Waals surface area (Å²) in [6.07, 6.45) is 0. The number of carbonyl (C=O) groups excluding carboxylic acids is 1. The number of rotatable bonds is 3. The van der Waals surface area contributed by atoms with Gasteiger partial charge in [0.2, 0.25) is 0 Å². The van der Waals surface area contributed by atoms with Crippen molar-refractivity contribution in [3.63, 3.8) is 0 Å². The second-order valence-corrected chi connectivity index (χ2v) is 7.09. The van der Waals surface area contributed by atoms with E-state index in [0.29, 0.717) is 4.34 Å². The lowest BCUT2D eigenvalue weighted by atomic mass is 10.3. The second kappa shape index (κ2) is 6.22. The molecule has 0 bridgehead atoms. The highest BCUT2D eigenvalue weighted by molar-refractivity contribution is 7.18. The molecule has 0 aromatic carbocycles. The van der Waals surface area contributed by atoms with E-state index in [1.54, 1.807) is 23.5 Å². The van der Waals surface area contributed by atoms with Crippen LogP contribution in [0.5, 0.6) is 0 Å². The van der Waals surface area contributed by atoms with Crippen LogP contribution in [0.2, 0.25) is 4.34 Å². The quantitative estimate of drug-likeness (QED) is 0.869. The molecule has 0 spiro atoms. The Morgan fingerprint density at radius 3 is 2.70 bits per heavy atom. The summed E-state index contributed by atoms with van der Waals surface area (Å²) in [7, 11) is 0. The summed E-state index contributed by atoms with van der Waals surface area (Å²) < 4.78 is 0.663. The lowest BCUT2D eigenvalue weighted by molar-refractivity contribution is 0.0632. The van der Waals surface area contributed by atoms with E-state index in [0.717, 1.165) is 43.3 Å². The first-order valence-corrected chi connectivity index (χ1v) is 8.50. The van der Waals surface area contributed by atoms with Gasteiger partial charge in [0.05, 0.1) is 20.4 Å². The van der Waals surface area contributed by atoms with Gasteiger partial charge >= 0.3 is 0 Å². The van der Waals surface area contributed by atoms with Crippen molar-refractivity contribution in [1.29, 1.82) is 0 Å². The van der Waals surface area contributed by atoms with Crippen LogP contribution < -0.4 is 0 Å². The van der Waals surface area contributed by atoms with Gasteiger partial charge in [-0.25, -0.2) is 4.98 Å². The number of halogens is 1. The van der Waals surface area contributed by atoms with Gasteiger partial charge in [0.1, 0.15) is 0 Å². The molecule has 0 N–H and O–H groups in total. The number of nitrogens with zero attached hydrogens (tertiary/aromatic N) is 3. The van der Waals surface area contributed by atoms with E-state index in [1.807, 2.05) is 10.4 Å². The molecule has 1 aliphatic rings. The average Bonchev–Trinajstić information content (AvgIpc) is 3.10. The SMILES string of the molecule is O=C(c1ccc(Cl)s1)N1CCN(Cc2cscn2)CC1. The molecule has 0 unspecified atom stereocenters. The van der Waals surface area contributed by atoms with Crippen molar-refractivity contribution in [1.82, 2.24) is 14.8 Å². The van der Waals surface area contributed by atoms with Crippen molar-refractivity contribution in [2.45, 2.75) is 6.54 Å². The van der Waals surface area contributed by atoms with Crippen LogP contribution in [0.15, 0.2) is 23.0 Å². The van der Waals surface area contributed by atoms with Crippen LogP contribution in [0, 0.1) is 0 Å². The van der Waals surface area contributed by atoms with Crippen LogP contribution in [0.1, 0.15) is 15.4 Å². The summed E-state index contributed by atoms with van der Waals surface area (Å²) in [4.78, 5) is 21.5. The zero-order valence-corrected chi connectivity index (χ0v) is 13.2. The van der Waals surface area contributed by atoms with E-state index in [2.05, 4.69) is 15.3 Å². The Morgan fingerprint density at radius 2 is 2.10 bits per heavy atom. The lowest BCUT2D eigenvalue weighted by Crippen LogP contribution is -2.48. The molecule has 1 saturated heterocycles. The standard InChI is InChI=1S/C13H14ClN3OS2/c14-12-2-1-11(20-12)13(18)17-5-3-16(4-6-17)7-10-8-19-9-15-10/h1-2,8-9H,3-7H2. The summed E-state index contributed by atoms with van der Waals surface area (Å²) >= 11 is 8.85. The summed E-state index contributed by atoms with van der Waals surface area (Å²) in [6, 6.07) is 3.58. The maximum atomic E-state index is 12.3. The largest absolute Gasteiger partial charge is 0.335 e. The van der Waals surface area contributed by atoms with Crippen molar-refractivity contribution >= 4 is 40.2 Å². The number of hydrogen-bond acceptors (Lipinski definition) is 5. The topological polar surface area (TPSA) is 36.4 Å². The minimum absolute atomic E-state index is 0.0928. The molecular weight excluding hydrogens is 314 g/mol. The molecule has 0 saturated carbocycles. The Balaban J connectivity index is 1.54. The molecule has 1 fully saturated rings. The van der Waals surface area contributed by atoms with Gasteiger partial charge in [0.25, 0.3) is 5.91 Å². The fourth-order valence-corrected chi connectivity index (χ4v) is 3.80. The first kappa shape index (κ1) is 14.0. The first-order valence-electron chi connectivity index (χ1n) is 6.36. The molecule has 106 valence electrons. The first-order chi connectivity index (χ1) is 9.72. The van der Waals surface area contributed by atoms with Crippen molar-refractivity contribution in [3.05, 3.63) is 37.9 Å². The Morgan fingerprint density at radius 1 is 1.30 bits per heavy atom. The van der Waals surface area contributed by atoms with Crippen molar-refractivity contribution in [2.24, 2.45) is 0 Å². The number of amides is 1.